The Morgan fingerprint density at radius 2 is 1.89 bits per heavy atom. The van der Waals surface area contributed by atoms with Crippen LogP contribution in [0.3, 0.4) is 0 Å². The van der Waals surface area contributed by atoms with E-state index >= 15 is 0 Å². The van der Waals surface area contributed by atoms with Gasteiger partial charge in [0.05, 0.1) is 5.56 Å². The Labute approximate surface area is 204 Å². The van der Waals surface area contributed by atoms with Gasteiger partial charge in [0.2, 0.25) is 5.95 Å². The molecule has 2 N–H and O–H groups in total. The summed E-state index contributed by atoms with van der Waals surface area (Å²) < 4.78 is 1.82. The van der Waals surface area contributed by atoms with Crippen molar-refractivity contribution in [1.82, 2.24) is 19.9 Å². The molecule has 3 aliphatic rings. The topological polar surface area (TPSA) is 92.2 Å². The fourth-order valence-corrected chi connectivity index (χ4v) is 6.45. The van der Waals surface area contributed by atoms with Crippen LogP contribution in [0.15, 0.2) is 35.3 Å². The molecule has 1 aliphatic heterocycles. The number of hydrogen-bond donors (Lipinski definition) is 2. The Kier molecular flexibility index (Phi) is 5.56. The lowest BCUT2D eigenvalue weighted by Gasteiger charge is -2.29. The predicted molar refractivity (Wildman–Crippen MR) is 138 cm³/mol. The van der Waals surface area contributed by atoms with Crippen LogP contribution in [0.4, 0.5) is 17.3 Å². The van der Waals surface area contributed by atoms with E-state index in [1.54, 1.807) is 6.20 Å². The summed E-state index contributed by atoms with van der Waals surface area (Å²) in [6.45, 7) is 7.31. The molecule has 2 bridgehead atoms. The zero-order valence-electron chi connectivity index (χ0n) is 20.4. The molecule has 0 radical (unpaired) electrons. The van der Waals surface area contributed by atoms with Crippen molar-refractivity contribution in [2.45, 2.75) is 45.6 Å². The Morgan fingerprint density at radius 1 is 1.11 bits per heavy atom. The predicted octanol–water partition coefficient (Wildman–Crippen LogP) is 3.82. The Bertz CT molecular complexity index is 1340. The van der Waals surface area contributed by atoms with Gasteiger partial charge in [0, 0.05) is 55.2 Å². The van der Waals surface area contributed by atoms with Crippen molar-refractivity contribution >= 4 is 34.1 Å². The molecule has 2 unspecified atom stereocenters. The molecule has 1 saturated heterocycles. The SMILES string of the molecule is CC(=O)c1c(C)c2cnc(Nc3ccc(N4CCNCC4)cc3)nc2n([C@@H]2CC3CCC2C3)c1=O. The third kappa shape index (κ3) is 3.89. The molecule has 2 aliphatic carbocycles. The highest BCUT2D eigenvalue weighted by Gasteiger charge is 2.42. The second kappa shape index (κ2) is 8.75. The van der Waals surface area contributed by atoms with E-state index in [4.69, 9.17) is 4.98 Å². The zero-order valence-corrected chi connectivity index (χ0v) is 20.4. The van der Waals surface area contributed by atoms with E-state index in [1.165, 1.54) is 19.0 Å². The molecular formula is C27H32N6O2. The van der Waals surface area contributed by atoms with E-state index in [0.29, 0.717) is 29.0 Å². The summed E-state index contributed by atoms with van der Waals surface area (Å²) in [5.74, 6) is 1.41. The van der Waals surface area contributed by atoms with Gasteiger partial charge in [-0.2, -0.15) is 4.98 Å². The van der Waals surface area contributed by atoms with E-state index in [9.17, 15) is 9.59 Å². The first-order valence-corrected chi connectivity index (χ1v) is 12.7. The number of benzene rings is 1. The Balaban J connectivity index is 1.38. The van der Waals surface area contributed by atoms with Crippen LogP contribution < -0.4 is 21.1 Å². The number of hydrogen-bond acceptors (Lipinski definition) is 7. The van der Waals surface area contributed by atoms with Gasteiger partial charge >= 0.3 is 0 Å². The third-order valence-electron chi connectivity index (χ3n) is 8.20. The number of aromatic nitrogens is 3. The second-order valence-electron chi connectivity index (χ2n) is 10.3. The minimum atomic E-state index is -0.204. The average molecular weight is 473 g/mol. The normalized spacial score (nSPS) is 23.7. The first kappa shape index (κ1) is 22.2. The fourth-order valence-electron chi connectivity index (χ4n) is 6.45. The number of nitrogens with one attached hydrogen (secondary N) is 2. The molecule has 182 valence electrons. The molecule has 3 fully saturated rings. The van der Waals surface area contributed by atoms with E-state index in [0.717, 1.165) is 56.5 Å². The van der Waals surface area contributed by atoms with Gasteiger partial charge in [-0.15, -0.1) is 0 Å². The van der Waals surface area contributed by atoms with Crippen molar-refractivity contribution in [3.8, 4) is 0 Å². The van der Waals surface area contributed by atoms with E-state index in [2.05, 4.69) is 32.7 Å². The van der Waals surface area contributed by atoms with Crippen molar-refractivity contribution in [1.29, 1.82) is 0 Å². The average Bonchev–Trinajstić information content (AvgIpc) is 3.49. The molecule has 8 heteroatoms. The highest BCUT2D eigenvalue weighted by atomic mass is 16.1. The maximum Gasteiger partial charge on any atom is 0.263 e. The number of carbonyl (C=O) groups excluding carboxylic acids is 1. The number of nitrogens with zero attached hydrogens (tertiary/aromatic N) is 4. The lowest BCUT2D eigenvalue weighted by atomic mass is 9.94. The maximum atomic E-state index is 13.6. The summed E-state index contributed by atoms with van der Waals surface area (Å²) in [5, 5.41) is 7.47. The summed E-state index contributed by atoms with van der Waals surface area (Å²) in [4.78, 5) is 37.8. The first-order valence-electron chi connectivity index (χ1n) is 12.7. The molecule has 3 aromatic rings. The van der Waals surface area contributed by atoms with Gasteiger partial charge in [-0.05, 0) is 74.8 Å². The molecule has 3 heterocycles. The highest BCUT2D eigenvalue weighted by Crippen LogP contribution is 2.50. The van der Waals surface area contributed by atoms with Crippen LogP contribution in [0.25, 0.3) is 11.0 Å². The van der Waals surface area contributed by atoms with Crippen LogP contribution in [-0.2, 0) is 0 Å². The summed E-state index contributed by atoms with van der Waals surface area (Å²) in [6.07, 6.45) is 6.29. The largest absolute Gasteiger partial charge is 0.369 e. The Hall–Kier alpha value is -3.26. The lowest BCUT2D eigenvalue weighted by molar-refractivity contribution is 0.101. The molecule has 2 aromatic heterocycles. The molecule has 3 atom stereocenters. The quantitative estimate of drug-likeness (QED) is 0.546. The molecule has 0 spiro atoms. The van der Waals surface area contributed by atoms with Crippen molar-refractivity contribution in [3.05, 3.63) is 51.9 Å². The Morgan fingerprint density at radius 3 is 2.54 bits per heavy atom. The molecule has 8 nitrogen and oxygen atoms in total. The van der Waals surface area contributed by atoms with Gasteiger partial charge in [-0.25, -0.2) is 4.98 Å². The van der Waals surface area contributed by atoms with Crippen LogP contribution in [-0.4, -0.2) is 46.5 Å². The molecule has 2 saturated carbocycles. The van der Waals surface area contributed by atoms with Crippen LogP contribution in [0.2, 0.25) is 0 Å². The molecule has 1 aromatic carbocycles. The van der Waals surface area contributed by atoms with Crippen LogP contribution in [0.5, 0.6) is 0 Å². The lowest BCUT2D eigenvalue weighted by Crippen LogP contribution is -2.43. The minimum absolute atomic E-state index is 0.100. The monoisotopic (exact) mass is 472 g/mol. The van der Waals surface area contributed by atoms with E-state index < -0.39 is 0 Å². The number of Topliss-reactive ketones (excluding diaryl/α,β-unsaturated/α-hetero) is 1. The van der Waals surface area contributed by atoms with Gasteiger partial charge < -0.3 is 15.5 Å². The number of carbonyl (C=O) groups is 1. The highest BCUT2D eigenvalue weighted by molar-refractivity contribution is 5.99. The summed E-state index contributed by atoms with van der Waals surface area (Å²) >= 11 is 0. The van der Waals surface area contributed by atoms with Crippen molar-refractivity contribution < 1.29 is 4.79 Å². The standard InChI is InChI=1S/C27H32N6O2/c1-16-22-15-29-27(30-20-5-7-21(8-6-20)32-11-9-28-10-12-32)31-25(22)33(26(35)24(16)17(2)34)23-14-18-3-4-19(23)13-18/h5-8,15,18-19,23,28H,3-4,9-14H2,1-2H3,(H,29,30,31)/t18?,19?,23-/m1/s1. The van der Waals surface area contributed by atoms with Crippen molar-refractivity contribution in [2.24, 2.45) is 11.8 Å². The number of piperazine rings is 1. The van der Waals surface area contributed by atoms with E-state index in [-0.39, 0.29) is 22.9 Å². The number of aryl methyl sites for hydroxylation is 1. The van der Waals surface area contributed by atoms with Gasteiger partial charge in [0.15, 0.2) is 5.78 Å². The molecule has 35 heavy (non-hydrogen) atoms. The van der Waals surface area contributed by atoms with Gasteiger partial charge in [0.25, 0.3) is 5.56 Å². The number of pyridine rings is 1. The third-order valence-corrected chi connectivity index (χ3v) is 8.20. The smallest absolute Gasteiger partial charge is 0.263 e. The van der Waals surface area contributed by atoms with Gasteiger partial charge in [-0.3, -0.25) is 14.2 Å². The van der Waals surface area contributed by atoms with Crippen LogP contribution >= 0.6 is 0 Å². The number of anilines is 3. The maximum absolute atomic E-state index is 13.6. The molecular weight excluding hydrogens is 440 g/mol. The minimum Gasteiger partial charge on any atom is -0.369 e. The van der Waals surface area contributed by atoms with Gasteiger partial charge in [-0.1, -0.05) is 6.42 Å². The van der Waals surface area contributed by atoms with Gasteiger partial charge in [0.1, 0.15) is 5.65 Å². The molecule has 6 rings (SSSR count). The van der Waals surface area contributed by atoms with Crippen LogP contribution in [0.1, 0.15) is 54.6 Å². The summed E-state index contributed by atoms with van der Waals surface area (Å²) in [6, 6.07) is 8.41. The molecule has 0 amide bonds. The van der Waals surface area contributed by atoms with Crippen molar-refractivity contribution in [3.63, 3.8) is 0 Å². The zero-order chi connectivity index (χ0) is 24.1. The van der Waals surface area contributed by atoms with E-state index in [1.807, 2.05) is 23.6 Å². The van der Waals surface area contributed by atoms with Crippen LogP contribution in [0, 0.1) is 18.8 Å². The summed E-state index contributed by atoms with van der Waals surface area (Å²) in [7, 11) is 0. The first-order chi connectivity index (χ1) is 17.0. The summed E-state index contributed by atoms with van der Waals surface area (Å²) in [5.41, 5.74) is 3.47. The second-order valence-corrected chi connectivity index (χ2v) is 10.3. The number of rotatable bonds is 5. The van der Waals surface area contributed by atoms with Crippen molar-refractivity contribution in [2.75, 3.05) is 36.4 Å². The fraction of sp³-hybridized carbons (Fsp3) is 0.481. The number of fused-ring (bicyclic) bond motifs is 3. The number of ketones is 1.